The predicted molar refractivity (Wildman–Crippen MR) is 235 cm³/mol. The molecule has 0 saturated carbocycles. The number of thiophene rings is 1. The average molecular weight is 720 g/mol. The summed E-state index contributed by atoms with van der Waals surface area (Å²) in [5.41, 5.74) is 12.1. The highest BCUT2D eigenvalue weighted by atomic mass is 32.1. The van der Waals surface area contributed by atoms with Crippen LogP contribution in [0, 0.1) is 0 Å². The number of hydrogen-bond donors (Lipinski definition) is 0. The number of anilines is 3. The molecule has 0 aliphatic rings. The Bertz CT molecular complexity index is 3240. The summed E-state index contributed by atoms with van der Waals surface area (Å²) < 4.78 is 9.08. The van der Waals surface area contributed by atoms with E-state index in [4.69, 9.17) is 4.42 Å². The van der Waals surface area contributed by atoms with E-state index < -0.39 is 0 Å². The van der Waals surface area contributed by atoms with Gasteiger partial charge in [0.15, 0.2) is 0 Å². The first-order valence-corrected chi connectivity index (χ1v) is 19.5. The van der Waals surface area contributed by atoms with E-state index in [1.807, 2.05) is 23.5 Å². The van der Waals surface area contributed by atoms with Crippen molar-refractivity contribution < 1.29 is 4.42 Å². The lowest BCUT2D eigenvalue weighted by Gasteiger charge is -2.28. The maximum Gasteiger partial charge on any atom is 0.137 e. The molecule has 258 valence electrons. The summed E-state index contributed by atoms with van der Waals surface area (Å²) in [4.78, 5) is 2.40. The lowest BCUT2D eigenvalue weighted by molar-refractivity contribution is 0.669. The molecule has 55 heavy (non-hydrogen) atoms. The molecule has 0 aliphatic heterocycles. The zero-order chi connectivity index (χ0) is 36.3. The molecule has 0 N–H and O–H groups in total. The molecule has 2 aromatic heterocycles. The van der Waals surface area contributed by atoms with Gasteiger partial charge in [0, 0.05) is 59.5 Å². The summed E-state index contributed by atoms with van der Waals surface area (Å²) in [6.07, 6.45) is 0. The van der Waals surface area contributed by atoms with E-state index in [0.29, 0.717) is 0 Å². The minimum atomic E-state index is 0.866. The van der Waals surface area contributed by atoms with E-state index in [0.717, 1.165) is 44.6 Å². The van der Waals surface area contributed by atoms with E-state index in [9.17, 15) is 0 Å². The van der Waals surface area contributed by atoms with Gasteiger partial charge in [-0.05, 0) is 81.6 Å². The Morgan fingerprint density at radius 1 is 0.364 bits per heavy atom. The lowest BCUT2D eigenvalue weighted by Crippen LogP contribution is -2.11. The van der Waals surface area contributed by atoms with Crippen LogP contribution in [0.15, 0.2) is 205 Å². The third-order valence-corrected chi connectivity index (χ3v) is 12.1. The number of furan rings is 1. The van der Waals surface area contributed by atoms with Crippen molar-refractivity contribution >= 4 is 81.3 Å². The van der Waals surface area contributed by atoms with Crippen LogP contribution in [0.4, 0.5) is 17.1 Å². The van der Waals surface area contributed by atoms with E-state index in [-0.39, 0.29) is 0 Å². The predicted octanol–water partition coefficient (Wildman–Crippen LogP) is 15.6. The largest absolute Gasteiger partial charge is 0.456 e. The normalized spacial score (nSPS) is 11.6. The molecule has 0 saturated heterocycles. The van der Waals surface area contributed by atoms with Gasteiger partial charge in [0.25, 0.3) is 0 Å². The van der Waals surface area contributed by atoms with Gasteiger partial charge in [-0.25, -0.2) is 0 Å². The van der Waals surface area contributed by atoms with Crippen molar-refractivity contribution in [2.24, 2.45) is 0 Å². The van der Waals surface area contributed by atoms with Gasteiger partial charge in [0.2, 0.25) is 0 Å². The standard InChI is InChI=1S/C52H33NOS/c1-2-14-35-31-37(28-27-34(35)13-1)41-18-4-3-17-40(41)36-15-11-16-38(32-36)53(39-29-30-44-43-20-6-9-25-49(43)54-50(44)33-39)48-24-8-5-19-42(48)46-22-12-23-47-45-21-7-10-26-51(45)55-52(46)47/h1-33H. The van der Waals surface area contributed by atoms with Crippen molar-refractivity contribution in [2.45, 2.75) is 0 Å². The highest BCUT2D eigenvalue weighted by Crippen LogP contribution is 2.47. The molecule has 0 spiro atoms. The van der Waals surface area contributed by atoms with Crippen molar-refractivity contribution in [3.05, 3.63) is 200 Å². The van der Waals surface area contributed by atoms with Gasteiger partial charge in [0.05, 0.1) is 5.69 Å². The van der Waals surface area contributed by atoms with Gasteiger partial charge in [-0.2, -0.15) is 0 Å². The quantitative estimate of drug-likeness (QED) is 0.170. The Morgan fingerprint density at radius 3 is 1.89 bits per heavy atom. The Kier molecular flexibility index (Phi) is 7.39. The Morgan fingerprint density at radius 2 is 1.00 bits per heavy atom. The molecule has 9 aromatic carbocycles. The van der Waals surface area contributed by atoms with Crippen LogP contribution in [-0.4, -0.2) is 0 Å². The molecule has 2 nitrogen and oxygen atoms in total. The first-order chi connectivity index (χ1) is 27.3. The second-order valence-electron chi connectivity index (χ2n) is 14.1. The van der Waals surface area contributed by atoms with Gasteiger partial charge < -0.3 is 9.32 Å². The van der Waals surface area contributed by atoms with Crippen LogP contribution in [0.25, 0.3) is 86.3 Å². The molecule has 0 atom stereocenters. The number of fused-ring (bicyclic) bond motifs is 7. The topological polar surface area (TPSA) is 16.4 Å². The SMILES string of the molecule is c1cc(-c2ccccc2-c2ccc3ccccc3c2)cc(N(c2ccc3c(c2)oc2ccccc23)c2ccccc2-c2cccc3c2sc2ccccc23)c1. The summed E-state index contributed by atoms with van der Waals surface area (Å²) in [5.74, 6) is 0. The summed E-state index contributed by atoms with van der Waals surface area (Å²) in [6, 6.07) is 72.3. The summed E-state index contributed by atoms with van der Waals surface area (Å²) in [5, 5.41) is 7.30. The van der Waals surface area contributed by atoms with Crippen molar-refractivity contribution in [1.82, 2.24) is 0 Å². The first kappa shape index (κ1) is 31.6. The fourth-order valence-corrected chi connectivity index (χ4v) is 9.52. The van der Waals surface area contributed by atoms with Gasteiger partial charge in [-0.1, -0.05) is 146 Å². The smallest absolute Gasteiger partial charge is 0.137 e. The van der Waals surface area contributed by atoms with Crippen molar-refractivity contribution in [1.29, 1.82) is 0 Å². The second kappa shape index (κ2) is 12.9. The van der Waals surface area contributed by atoms with Crippen LogP contribution < -0.4 is 4.90 Å². The van der Waals surface area contributed by atoms with Crippen LogP contribution in [0.2, 0.25) is 0 Å². The summed E-state index contributed by atoms with van der Waals surface area (Å²) >= 11 is 1.87. The monoisotopic (exact) mass is 719 g/mol. The van der Waals surface area contributed by atoms with Gasteiger partial charge in [-0.3, -0.25) is 0 Å². The summed E-state index contributed by atoms with van der Waals surface area (Å²) in [7, 11) is 0. The van der Waals surface area contributed by atoms with E-state index in [1.54, 1.807) is 0 Å². The van der Waals surface area contributed by atoms with Crippen LogP contribution in [0.3, 0.4) is 0 Å². The van der Waals surface area contributed by atoms with Crippen molar-refractivity contribution in [3.63, 3.8) is 0 Å². The maximum atomic E-state index is 6.48. The zero-order valence-corrected chi connectivity index (χ0v) is 30.6. The Balaban J connectivity index is 1.12. The van der Waals surface area contributed by atoms with Crippen molar-refractivity contribution in [3.8, 4) is 33.4 Å². The molecule has 0 aliphatic carbocycles. The summed E-state index contributed by atoms with van der Waals surface area (Å²) in [6.45, 7) is 0. The highest BCUT2D eigenvalue weighted by molar-refractivity contribution is 7.26. The Labute approximate surface area is 322 Å². The minimum Gasteiger partial charge on any atom is -0.456 e. The molecular weight excluding hydrogens is 687 g/mol. The van der Waals surface area contributed by atoms with Gasteiger partial charge in [-0.15, -0.1) is 11.3 Å². The molecule has 3 heteroatoms. The molecule has 0 radical (unpaired) electrons. The molecule has 2 heterocycles. The van der Waals surface area contributed by atoms with Crippen LogP contribution in [-0.2, 0) is 0 Å². The van der Waals surface area contributed by atoms with Crippen LogP contribution in [0.1, 0.15) is 0 Å². The lowest BCUT2D eigenvalue weighted by atomic mass is 9.93. The third kappa shape index (κ3) is 5.32. The van der Waals surface area contributed by atoms with E-state index in [2.05, 4.69) is 193 Å². The second-order valence-corrected chi connectivity index (χ2v) is 15.1. The van der Waals surface area contributed by atoms with Gasteiger partial charge in [0.1, 0.15) is 11.2 Å². The van der Waals surface area contributed by atoms with Crippen molar-refractivity contribution in [2.75, 3.05) is 4.90 Å². The number of benzene rings is 9. The fourth-order valence-electron chi connectivity index (χ4n) is 8.29. The third-order valence-electron chi connectivity index (χ3n) is 10.9. The maximum absolute atomic E-state index is 6.48. The van der Waals surface area contributed by atoms with E-state index >= 15 is 0 Å². The number of hydrogen-bond acceptors (Lipinski definition) is 3. The minimum absolute atomic E-state index is 0.866. The number of rotatable bonds is 6. The average Bonchev–Trinajstić information content (AvgIpc) is 3.82. The molecule has 0 amide bonds. The van der Waals surface area contributed by atoms with Crippen LogP contribution in [0.5, 0.6) is 0 Å². The van der Waals surface area contributed by atoms with Gasteiger partial charge >= 0.3 is 0 Å². The molecule has 11 aromatic rings. The number of nitrogens with zero attached hydrogens (tertiary/aromatic N) is 1. The van der Waals surface area contributed by atoms with Crippen LogP contribution >= 0.6 is 11.3 Å². The fraction of sp³-hybridized carbons (Fsp3) is 0. The Hall–Kier alpha value is -6.94. The molecular formula is C52H33NOS. The molecule has 0 fully saturated rings. The zero-order valence-electron chi connectivity index (χ0n) is 29.8. The first-order valence-electron chi connectivity index (χ1n) is 18.7. The van der Waals surface area contributed by atoms with E-state index in [1.165, 1.54) is 58.8 Å². The molecule has 0 unspecified atom stereocenters. The highest BCUT2D eigenvalue weighted by Gasteiger charge is 2.21. The molecule has 0 bridgehead atoms. The number of para-hydroxylation sites is 2. The molecule has 11 rings (SSSR count).